The zero-order chi connectivity index (χ0) is 15.6. The molecule has 0 bridgehead atoms. The Hall–Kier alpha value is -2.07. The van der Waals surface area contributed by atoms with E-state index in [0.29, 0.717) is 17.2 Å². The van der Waals surface area contributed by atoms with E-state index in [1.54, 1.807) is 18.2 Å². The van der Waals surface area contributed by atoms with Crippen molar-refractivity contribution in [2.45, 2.75) is 18.9 Å². The predicted octanol–water partition coefficient (Wildman–Crippen LogP) is -0.123. The van der Waals surface area contributed by atoms with E-state index in [1.807, 2.05) is 0 Å². The minimum Gasteiger partial charge on any atom is -0.357 e. The van der Waals surface area contributed by atoms with Gasteiger partial charge in [0.15, 0.2) is 0 Å². The Morgan fingerprint density at radius 3 is 2.67 bits per heavy atom. The Morgan fingerprint density at radius 1 is 1.38 bits per heavy atom. The minimum absolute atomic E-state index is 0.0965. The molecule has 2 rings (SSSR count). The maximum absolute atomic E-state index is 12.5. The Balaban J connectivity index is 2.42. The zero-order valence-electron chi connectivity index (χ0n) is 11.5. The number of hydrogen-bond donors (Lipinski definition) is 1. The van der Waals surface area contributed by atoms with Crippen LogP contribution in [0, 0.1) is 0 Å². The average Bonchev–Trinajstić information content (AvgIpc) is 2.73. The highest BCUT2D eigenvalue weighted by Crippen LogP contribution is 2.26. The number of imide groups is 1. The first kappa shape index (κ1) is 15.3. The molecule has 0 saturated carbocycles. The molecule has 3 amide bonds. The van der Waals surface area contributed by atoms with Crippen LogP contribution in [0.5, 0.6) is 0 Å². The van der Waals surface area contributed by atoms with Gasteiger partial charge in [0.25, 0.3) is 11.8 Å². The molecule has 110 valence electrons. The van der Waals surface area contributed by atoms with Crippen LogP contribution in [-0.4, -0.2) is 42.0 Å². The van der Waals surface area contributed by atoms with E-state index >= 15 is 0 Å². The summed E-state index contributed by atoms with van der Waals surface area (Å²) in [5, 5.41) is 3.04. The number of carbonyl (C=O) groups excluding carboxylic acids is 4. The van der Waals surface area contributed by atoms with Gasteiger partial charge in [-0.1, -0.05) is 12.1 Å². The third-order valence-corrected chi connectivity index (χ3v) is 3.88. The van der Waals surface area contributed by atoms with E-state index in [1.165, 1.54) is 7.05 Å². The van der Waals surface area contributed by atoms with Crippen molar-refractivity contribution in [3.63, 3.8) is 0 Å². The van der Waals surface area contributed by atoms with Gasteiger partial charge in [-0.05, 0) is 17.8 Å². The largest absolute Gasteiger partial charge is 0.357 e. The Bertz CT molecular complexity index is 629. The average molecular weight is 306 g/mol. The van der Waals surface area contributed by atoms with Crippen LogP contribution in [0.15, 0.2) is 18.2 Å². The summed E-state index contributed by atoms with van der Waals surface area (Å²) in [5.41, 5.74) is 0.583. The molecule has 1 N–H and O–H groups in total. The number of fused-ring (bicyclic) bond motifs is 1. The number of amides is 3. The molecule has 6 nitrogen and oxygen atoms in total. The number of nitrogens with one attached hydrogen (secondary N) is 1. The topological polar surface area (TPSA) is 83.6 Å². The monoisotopic (exact) mass is 306 g/mol. The first-order chi connectivity index (χ1) is 10.0. The SMILES string of the molecule is CNC(=O)C(CCC=O)N1C(=O)c2cccc(P)c2C1=O. The van der Waals surface area contributed by atoms with Gasteiger partial charge in [-0.2, -0.15) is 0 Å². The summed E-state index contributed by atoms with van der Waals surface area (Å²) in [5.74, 6) is -1.46. The van der Waals surface area contributed by atoms with Crippen molar-refractivity contribution in [3.8, 4) is 0 Å². The summed E-state index contributed by atoms with van der Waals surface area (Å²) in [7, 11) is 3.84. The fourth-order valence-electron chi connectivity index (χ4n) is 2.38. The lowest BCUT2D eigenvalue weighted by Crippen LogP contribution is -2.49. The maximum atomic E-state index is 12.5. The lowest BCUT2D eigenvalue weighted by atomic mass is 10.1. The first-order valence-electron chi connectivity index (χ1n) is 6.44. The number of aldehydes is 1. The van der Waals surface area contributed by atoms with Crippen LogP contribution in [0.1, 0.15) is 33.6 Å². The van der Waals surface area contributed by atoms with Gasteiger partial charge < -0.3 is 10.1 Å². The van der Waals surface area contributed by atoms with E-state index in [0.717, 1.165) is 4.90 Å². The molecular formula is C14H15N2O4P. The zero-order valence-corrected chi connectivity index (χ0v) is 12.6. The number of nitrogens with zero attached hydrogens (tertiary/aromatic N) is 1. The van der Waals surface area contributed by atoms with E-state index in [2.05, 4.69) is 14.6 Å². The summed E-state index contributed by atoms with van der Waals surface area (Å²) < 4.78 is 0. The van der Waals surface area contributed by atoms with Gasteiger partial charge in [-0.15, -0.1) is 9.24 Å². The molecule has 0 spiro atoms. The third-order valence-electron chi connectivity index (χ3n) is 3.40. The summed E-state index contributed by atoms with van der Waals surface area (Å²) in [6.45, 7) is 0. The van der Waals surface area contributed by atoms with E-state index < -0.39 is 23.8 Å². The van der Waals surface area contributed by atoms with E-state index in [4.69, 9.17) is 0 Å². The highest BCUT2D eigenvalue weighted by atomic mass is 31.0. The van der Waals surface area contributed by atoms with Crippen LogP contribution >= 0.6 is 9.24 Å². The van der Waals surface area contributed by atoms with Gasteiger partial charge in [0, 0.05) is 13.5 Å². The van der Waals surface area contributed by atoms with Gasteiger partial charge in [0.1, 0.15) is 12.3 Å². The third kappa shape index (κ3) is 2.59. The normalized spacial score (nSPS) is 14.9. The second-order valence-corrected chi connectivity index (χ2v) is 5.25. The van der Waals surface area contributed by atoms with Crippen LogP contribution in [-0.2, 0) is 9.59 Å². The van der Waals surface area contributed by atoms with Crippen molar-refractivity contribution in [1.82, 2.24) is 10.2 Å². The van der Waals surface area contributed by atoms with Crippen molar-refractivity contribution < 1.29 is 19.2 Å². The molecule has 0 radical (unpaired) electrons. The molecule has 1 aromatic rings. The van der Waals surface area contributed by atoms with Crippen molar-refractivity contribution in [2.24, 2.45) is 0 Å². The van der Waals surface area contributed by atoms with Crippen molar-refractivity contribution in [2.75, 3.05) is 7.05 Å². The second-order valence-electron chi connectivity index (χ2n) is 4.62. The fraction of sp³-hybridized carbons (Fsp3) is 0.286. The molecule has 1 heterocycles. The van der Waals surface area contributed by atoms with Crippen LogP contribution in [0.4, 0.5) is 0 Å². The Labute approximate surface area is 124 Å². The molecule has 7 heteroatoms. The molecule has 21 heavy (non-hydrogen) atoms. The maximum Gasteiger partial charge on any atom is 0.262 e. The number of hydrogen-bond acceptors (Lipinski definition) is 4. The van der Waals surface area contributed by atoms with Crippen molar-refractivity contribution in [1.29, 1.82) is 0 Å². The Morgan fingerprint density at radius 2 is 2.10 bits per heavy atom. The van der Waals surface area contributed by atoms with E-state index in [9.17, 15) is 19.2 Å². The lowest BCUT2D eigenvalue weighted by Gasteiger charge is -2.24. The molecule has 2 atom stereocenters. The molecule has 0 aliphatic carbocycles. The highest BCUT2D eigenvalue weighted by molar-refractivity contribution is 7.27. The van der Waals surface area contributed by atoms with Gasteiger partial charge >= 0.3 is 0 Å². The smallest absolute Gasteiger partial charge is 0.262 e. The lowest BCUT2D eigenvalue weighted by molar-refractivity contribution is -0.124. The molecule has 2 unspecified atom stereocenters. The molecular weight excluding hydrogens is 291 g/mol. The van der Waals surface area contributed by atoms with E-state index in [-0.39, 0.29) is 18.4 Å². The fourth-order valence-corrected chi connectivity index (χ4v) is 2.77. The van der Waals surface area contributed by atoms with Crippen LogP contribution in [0.25, 0.3) is 0 Å². The number of likely N-dealkylation sites (N-methyl/N-ethyl adjacent to an activating group) is 1. The van der Waals surface area contributed by atoms with Crippen LogP contribution in [0.3, 0.4) is 0 Å². The van der Waals surface area contributed by atoms with Gasteiger partial charge in [0.05, 0.1) is 11.1 Å². The molecule has 1 aliphatic rings. The molecule has 0 aromatic heterocycles. The molecule has 1 aliphatic heterocycles. The van der Waals surface area contributed by atoms with Crippen molar-refractivity contribution in [3.05, 3.63) is 29.3 Å². The molecule has 0 fully saturated rings. The summed E-state index contributed by atoms with van der Waals surface area (Å²) in [6, 6.07) is 3.97. The second kappa shape index (κ2) is 6.14. The number of benzene rings is 1. The summed E-state index contributed by atoms with van der Waals surface area (Å²) >= 11 is 0. The molecule has 0 saturated heterocycles. The minimum atomic E-state index is -0.975. The summed E-state index contributed by atoms with van der Waals surface area (Å²) in [4.78, 5) is 48.3. The van der Waals surface area contributed by atoms with Gasteiger partial charge in [0.2, 0.25) is 5.91 Å². The first-order valence-corrected chi connectivity index (χ1v) is 7.02. The Kier molecular flexibility index (Phi) is 4.48. The highest BCUT2D eigenvalue weighted by Gasteiger charge is 2.42. The predicted molar refractivity (Wildman–Crippen MR) is 79.4 cm³/mol. The van der Waals surface area contributed by atoms with Crippen molar-refractivity contribution >= 4 is 38.6 Å². The van der Waals surface area contributed by atoms with Crippen LogP contribution in [0.2, 0.25) is 0 Å². The standard InChI is InChI=1S/C14H15N2O4P/c1-15-12(18)9(5-3-7-17)16-13(19)8-4-2-6-10(21)11(8)14(16)20/h2,4,6-7,9H,3,5,21H2,1H3,(H,15,18). The van der Waals surface area contributed by atoms with Gasteiger partial charge in [-0.3, -0.25) is 19.3 Å². The number of rotatable bonds is 5. The number of carbonyl (C=O) groups is 4. The molecule has 1 aromatic carbocycles. The summed E-state index contributed by atoms with van der Waals surface area (Å²) in [6.07, 6.45) is 0.870. The van der Waals surface area contributed by atoms with Gasteiger partial charge in [-0.25, -0.2) is 0 Å². The van der Waals surface area contributed by atoms with Crippen LogP contribution < -0.4 is 10.6 Å². The quantitative estimate of drug-likeness (QED) is 0.467.